The van der Waals surface area contributed by atoms with Crippen molar-refractivity contribution in [3.8, 4) is 17.0 Å². The Kier molecular flexibility index (Phi) is 5.92. The van der Waals surface area contributed by atoms with Crippen LogP contribution < -0.4 is 10.1 Å². The van der Waals surface area contributed by atoms with E-state index in [4.69, 9.17) is 4.74 Å². The number of hydrogen-bond acceptors (Lipinski definition) is 5. The highest BCUT2D eigenvalue weighted by atomic mass is 32.1. The van der Waals surface area contributed by atoms with Crippen molar-refractivity contribution in [3.63, 3.8) is 0 Å². The number of aromatic nitrogens is 1. The van der Waals surface area contributed by atoms with E-state index in [1.807, 2.05) is 48.7 Å². The second-order valence-electron chi connectivity index (χ2n) is 7.36. The minimum absolute atomic E-state index is 0.0111. The second kappa shape index (κ2) is 8.76. The molecule has 6 heteroatoms. The molecule has 150 valence electrons. The Morgan fingerprint density at radius 1 is 1.24 bits per heavy atom. The Bertz CT molecular complexity index is 980. The molecule has 0 radical (unpaired) electrons. The fourth-order valence-electron chi connectivity index (χ4n) is 3.36. The zero-order valence-corrected chi connectivity index (χ0v) is 17.5. The van der Waals surface area contributed by atoms with Gasteiger partial charge in [0.1, 0.15) is 5.75 Å². The summed E-state index contributed by atoms with van der Waals surface area (Å²) in [6.45, 7) is 3.14. The fourth-order valence-corrected chi connectivity index (χ4v) is 3.98. The summed E-state index contributed by atoms with van der Waals surface area (Å²) in [7, 11) is 1.67. The first-order valence-corrected chi connectivity index (χ1v) is 10.7. The van der Waals surface area contributed by atoms with E-state index in [0.29, 0.717) is 12.6 Å². The highest BCUT2D eigenvalue weighted by Crippen LogP contribution is 2.29. The van der Waals surface area contributed by atoms with E-state index < -0.39 is 0 Å². The molecule has 2 aromatic carbocycles. The van der Waals surface area contributed by atoms with E-state index in [-0.39, 0.29) is 5.91 Å². The van der Waals surface area contributed by atoms with Crippen LogP contribution in [0.1, 0.15) is 23.4 Å². The van der Waals surface area contributed by atoms with Gasteiger partial charge >= 0.3 is 0 Å². The Morgan fingerprint density at radius 2 is 2.03 bits per heavy atom. The molecule has 0 saturated heterocycles. The quantitative estimate of drug-likeness (QED) is 0.586. The summed E-state index contributed by atoms with van der Waals surface area (Å²) in [6.07, 6.45) is 2.31. The number of hydrogen-bond donors (Lipinski definition) is 1. The first kappa shape index (κ1) is 19.6. The normalized spacial score (nSPS) is 13.5. The number of ether oxygens (including phenoxy) is 1. The van der Waals surface area contributed by atoms with Crippen LogP contribution in [0.25, 0.3) is 11.3 Å². The van der Waals surface area contributed by atoms with Crippen LogP contribution in [0.3, 0.4) is 0 Å². The first-order chi connectivity index (χ1) is 14.1. The number of nitrogens with zero attached hydrogens (tertiary/aromatic N) is 2. The number of aryl methyl sites for hydroxylation is 1. The maximum absolute atomic E-state index is 12.7. The SMILES string of the molecule is COc1ccc(CN(CC(=O)Nc2cccc(-c3csc(C)n3)c2)C2CC2)cc1. The molecule has 29 heavy (non-hydrogen) atoms. The average molecular weight is 408 g/mol. The van der Waals surface area contributed by atoms with Crippen LogP contribution in [0.15, 0.2) is 53.9 Å². The fraction of sp³-hybridized carbons (Fsp3) is 0.304. The number of methoxy groups -OCH3 is 1. The van der Waals surface area contributed by atoms with Crippen LogP contribution in [0.5, 0.6) is 5.75 Å². The van der Waals surface area contributed by atoms with Gasteiger partial charge in [0.2, 0.25) is 5.91 Å². The van der Waals surface area contributed by atoms with Crippen molar-refractivity contribution in [2.45, 2.75) is 32.4 Å². The molecule has 1 saturated carbocycles. The molecule has 0 aliphatic heterocycles. The predicted molar refractivity (Wildman–Crippen MR) is 117 cm³/mol. The minimum atomic E-state index is 0.0111. The number of thiazole rings is 1. The van der Waals surface area contributed by atoms with E-state index in [9.17, 15) is 4.79 Å². The van der Waals surface area contributed by atoms with Crippen molar-refractivity contribution in [1.82, 2.24) is 9.88 Å². The minimum Gasteiger partial charge on any atom is -0.497 e. The first-order valence-electron chi connectivity index (χ1n) is 9.80. The zero-order chi connectivity index (χ0) is 20.2. The van der Waals surface area contributed by atoms with E-state index in [1.54, 1.807) is 18.4 Å². The van der Waals surface area contributed by atoms with Gasteiger partial charge in [-0.2, -0.15) is 0 Å². The van der Waals surface area contributed by atoms with Gasteiger partial charge in [-0.05, 0) is 49.6 Å². The summed E-state index contributed by atoms with van der Waals surface area (Å²) in [6, 6.07) is 16.4. The summed E-state index contributed by atoms with van der Waals surface area (Å²) >= 11 is 1.63. The number of benzene rings is 2. The Labute approximate surface area is 175 Å². The molecule has 1 N–H and O–H groups in total. The van der Waals surface area contributed by atoms with Crippen LogP contribution in [0.4, 0.5) is 5.69 Å². The average Bonchev–Trinajstić information content (AvgIpc) is 3.49. The smallest absolute Gasteiger partial charge is 0.238 e. The van der Waals surface area contributed by atoms with Crippen LogP contribution in [-0.4, -0.2) is 35.5 Å². The number of carbonyl (C=O) groups excluding carboxylic acids is 1. The summed E-state index contributed by atoms with van der Waals surface area (Å²) in [5, 5.41) is 6.13. The van der Waals surface area contributed by atoms with E-state index >= 15 is 0 Å². The molecule has 0 bridgehead atoms. The Hall–Kier alpha value is -2.70. The van der Waals surface area contributed by atoms with E-state index in [1.165, 1.54) is 5.56 Å². The van der Waals surface area contributed by atoms with E-state index in [0.717, 1.165) is 47.1 Å². The molecule has 3 aromatic rings. The van der Waals surface area contributed by atoms with Crippen molar-refractivity contribution in [3.05, 3.63) is 64.5 Å². The number of carbonyl (C=O) groups is 1. The van der Waals surface area contributed by atoms with Crippen molar-refractivity contribution in [2.24, 2.45) is 0 Å². The highest BCUT2D eigenvalue weighted by molar-refractivity contribution is 7.09. The van der Waals surface area contributed by atoms with Gasteiger partial charge in [-0.25, -0.2) is 4.98 Å². The van der Waals surface area contributed by atoms with Crippen molar-refractivity contribution >= 4 is 22.9 Å². The molecular weight excluding hydrogens is 382 g/mol. The Morgan fingerprint density at radius 3 is 2.69 bits per heavy atom. The van der Waals surface area contributed by atoms with Crippen molar-refractivity contribution in [1.29, 1.82) is 0 Å². The summed E-state index contributed by atoms with van der Waals surface area (Å²) in [4.78, 5) is 19.5. The van der Waals surface area contributed by atoms with Gasteiger partial charge in [0.15, 0.2) is 0 Å². The van der Waals surface area contributed by atoms with Gasteiger partial charge in [0, 0.05) is 29.2 Å². The zero-order valence-electron chi connectivity index (χ0n) is 16.7. The predicted octanol–water partition coefficient (Wildman–Crippen LogP) is 4.73. The maximum Gasteiger partial charge on any atom is 0.238 e. The maximum atomic E-state index is 12.7. The molecule has 1 fully saturated rings. The van der Waals surface area contributed by atoms with Gasteiger partial charge in [-0.1, -0.05) is 24.3 Å². The lowest BCUT2D eigenvalue weighted by molar-refractivity contribution is -0.117. The van der Waals surface area contributed by atoms with Crippen LogP contribution >= 0.6 is 11.3 Å². The third-order valence-corrected chi connectivity index (χ3v) is 5.79. The molecule has 1 aromatic heterocycles. The summed E-state index contributed by atoms with van der Waals surface area (Å²) in [5.74, 6) is 0.858. The molecule has 5 nitrogen and oxygen atoms in total. The molecule has 1 heterocycles. The monoisotopic (exact) mass is 407 g/mol. The molecule has 0 atom stereocenters. The molecule has 4 rings (SSSR count). The van der Waals surface area contributed by atoms with Crippen molar-refractivity contribution in [2.75, 3.05) is 19.0 Å². The molecule has 0 unspecified atom stereocenters. The van der Waals surface area contributed by atoms with Gasteiger partial charge in [-0.15, -0.1) is 11.3 Å². The highest BCUT2D eigenvalue weighted by Gasteiger charge is 2.30. The third kappa shape index (κ3) is 5.22. The number of rotatable bonds is 8. The van der Waals surface area contributed by atoms with Crippen LogP contribution in [0.2, 0.25) is 0 Å². The second-order valence-corrected chi connectivity index (χ2v) is 8.43. The number of anilines is 1. The summed E-state index contributed by atoms with van der Waals surface area (Å²) < 4.78 is 5.23. The molecule has 1 aliphatic rings. The van der Waals surface area contributed by atoms with Gasteiger partial charge < -0.3 is 10.1 Å². The lowest BCUT2D eigenvalue weighted by Crippen LogP contribution is -2.34. The standard InChI is InChI=1S/C23H25N3O2S/c1-16-24-22(15-29-16)18-4-3-5-19(12-18)25-23(27)14-26(20-8-9-20)13-17-6-10-21(28-2)11-7-17/h3-7,10-12,15,20H,8-9,13-14H2,1-2H3,(H,25,27). The Balaban J connectivity index is 1.39. The third-order valence-electron chi connectivity index (χ3n) is 5.02. The van der Waals surface area contributed by atoms with Gasteiger partial charge in [0.25, 0.3) is 0 Å². The summed E-state index contributed by atoms with van der Waals surface area (Å²) in [5.41, 5.74) is 3.96. The van der Waals surface area contributed by atoms with Gasteiger partial charge in [0.05, 0.1) is 24.4 Å². The van der Waals surface area contributed by atoms with Crippen LogP contribution in [-0.2, 0) is 11.3 Å². The lowest BCUT2D eigenvalue weighted by atomic mass is 10.1. The lowest BCUT2D eigenvalue weighted by Gasteiger charge is -2.21. The van der Waals surface area contributed by atoms with Crippen LogP contribution in [0, 0.1) is 6.92 Å². The molecule has 1 amide bonds. The van der Waals surface area contributed by atoms with Gasteiger partial charge in [-0.3, -0.25) is 9.69 Å². The number of amides is 1. The molecule has 1 aliphatic carbocycles. The largest absolute Gasteiger partial charge is 0.497 e. The number of nitrogens with one attached hydrogen (secondary N) is 1. The molecular formula is C23H25N3O2S. The van der Waals surface area contributed by atoms with E-state index in [2.05, 4.69) is 27.3 Å². The molecule has 0 spiro atoms. The topological polar surface area (TPSA) is 54.5 Å². The van der Waals surface area contributed by atoms with Crippen molar-refractivity contribution < 1.29 is 9.53 Å².